The van der Waals surface area contributed by atoms with Crippen molar-refractivity contribution >= 4 is 33.2 Å². The normalized spacial score (nSPS) is 10.3. The highest BCUT2D eigenvalue weighted by Crippen LogP contribution is 2.26. The van der Waals surface area contributed by atoms with Crippen molar-refractivity contribution in [1.82, 2.24) is 0 Å². The number of para-hydroxylation sites is 2. The molecule has 0 aromatic heterocycles. The van der Waals surface area contributed by atoms with E-state index in [9.17, 15) is 4.79 Å². The van der Waals surface area contributed by atoms with Crippen LogP contribution in [0.15, 0.2) is 53.0 Å². The summed E-state index contributed by atoms with van der Waals surface area (Å²) in [4.78, 5) is 14.5. The summed E-state index contributed by atoms with van der Waals surface area (Å²) >= 11 is 3.43. The zero-order valence-electron chi connectivity index (χ0n) is 11.3. The molecule has 3 nitrogen and oxygen atoms in total. The Bertz CT molecular complexity index is 613. The number of amides is 1. The summed E-state index contributed by atoms with van der Waals surface area (Å²) in [5.41, 5.74) is 8.01. The molecule has 2 rings (SSSR count). The first kappa shape index (κ1) is 14.6. The number of nitrogens with two attached hydrogens (primary N) is 1. The molecule has 2 aromatic carbocycles. The van der Waals surface area contributed by atoms with Gasteiger partial charge < -0.3 is 10.6 Å². The van der Waals surface area contributed by atoms with E-state index in [0.717, 1.165) is 16.6 Å². The molecule has 0 spiro atoms. The third-order valence-corrected chi connectivity index (χ3v) is 3.72. The van der Waals surface area contributed by atoms with Gasteiger partial charge in [-0.15, -0.1) is 0 Å². The zero-order chi connectivity index (χ0) is 14.5. The summed E-state index contributed by atoms with van der Waals surface area (Å²) in [7, 11) is 0. The molecule has 0 saturated heterocycles. The molecular weight excluding hydrogens is 316 g/mol. The first-order valence-electron chi connectivity index (χ1n) is 6.56. The lowest BCUT2D eigenvalue weighted by Crippen LogP contribution is -2.32. The van der Waals surface area contributed by atoms with Crippen molar-refractivity contribution in [3.05, 3.63) is 58.6 Å². The molecule has 0 aliphatic rings. The van der Waals surface area contributed by atoms with Crippen LogP contribution in [-0.4, -0.2) is 12.5 Å². The highest BCUT2D eigenvalue weighted by Gasteiger charge is 2.20. The summed E-state index contributed by atoms with van der Waals surface area (Å²) in [6.45, 7) is 2.67. The monoisotopic (exact) mass is 332 g/mol. The molecule has 1 amide bonds. The molecule has 0 bridgehead atoms. The van der Waals surface area contributed by atoms with E-state index >= 15 is 0 Å². The van der Waals surface area contributed by atoms with E-state index in [1.807, 2.05) is 55.5 Å². The fourth-order valence-electron chi connectivity index (χ4n) is 2.07. The van der Waals surface area contributed by atoms with Crippen LogP contribution >= 0.6 is 15.9 Å². The SMILES string of the molecule is CCCN(C(=O)c1ccccc1Br)c1ccccc1N. The van der Waals surface area contributed by atoms with Gasteiger partial charge in [0, 0.05) is 11.0 Å². The number of rotatable bonds is 4. The van der Waals surface area contributed by atoms with Crippen molar-refractivity contribution < 1.29 is 4.79 Å². The Morgan fingerprint density at radius 2 is 1.80 bits per heavy atom. The predicted molar refractivity (Wildman–Crippen MR) is 87.0 cm³/mol. The Morgan fingerprint density at radius 3 is 2.45 bits per heavy atom. The van der Waals surface area contributed by atoms with Gasteiger partial charge in [0.15, 0.2) is 0 Å². The summed E-state index contributed by atoms with van der Waals surface area (Å²) < 4.78 is 0.792. The minimum absolute atomic E-state index is 0.0442. The van der Waals surface area contributed by atoms with Gasteiger partial charge in [-0.05, 0) is 46.6 Å². The number of carbonyl (C=O) groups excluding carboxylic acids is 1. The van der Waals surface area contributed by atoms with Gasteiger partial charge in [0.05, 0.1) is 16.9 Å². The van der Waals surface area contributed by atoms with Gasteiger partial charge in [0.2, 0.25) is 0 Å². The number of carbonyl (C=O) groups is 1. The maximum Gasteiger partial charge on any atom is 0.259 e. The molecule has 2 N–H and O–H groups in total. The van der Waals surface area contributed by atoms with Crippen molar-refractivity contribution in [3.8, 4) is 0 Å². The number of hydrogen-bond donors (Lipinski definition) is 1. The van der Waals surface area contributed by atoms with Crippen molar-refractivity contribution in [2.75, 3.05) is 17.2 Å². The zero-order valence-corrected chi connectivity index (χ0v) is 12.9. The molecule has 2 aromatic rings. The highest BCUT2D eigenvalue weighted by atomic mass is 79.9. The highest BCUT2D eigenvalue weighted by molar-refractivity contribution is 9.10. The number of nitrogens with zero attached hydrogens (tertiary/aromatic N) is 1. The molecule has 0 fully saturated rings. The Kier molecular flexibility index (Phi) is 4.79. The third kappa shape index (κ3) is 3.02. The van der Waals surface area contributed by atoms with Gasteiger partial charge in [-0.1, -0.05) is 31.2 Å². The first-order valence-corrected chi connectivity index (χ1v) is 7.35. The van der Waals surface area contributed by atoms with Gasteiger partial charge >= 0.3 is 0 Å². The number of benzene rings is 2. The Hall–Kier alpha value is -1.81. The molecular formula is C16H17BrN2O. The maximum atomic E-state index is 12.7. The van der Waals surface area contributed by atoms with Gasteiger partial charge in [0.25, 0.3) is 5.91 Å². The van der Waals surface area contributed by atoms with Crippen LogP contribution in [0.5, 0.6) is 0 Å². The third-order valence-electron chi connectivity index (χ3n) is 3.02. The van der Waals surface area contributed by atoms with E-state index in [0.29, 0.717) is 17.8 Å². The minimum Gasteiger partial charge on any atom is -0.397 e. The second kappa shape index (κ2) is 6.57. The number of halogens is 1. The molecule has 104 valence electrons. The lowest BCUT2D eigenvalue weighted by Gasteiger charge is -2.24. The summed E-state index contributed by atoms with van der Waals surface area (Å²) in [6.07, 6.45) is 0.866. The smallest absolute Gasteiger partial charge is 0.259 e. The molecule has 0 unspecified atom stereocenters. The number of anilines is 2. The quantitative estimate of drug-likeness (QED) is 0.857. The van der Waals surface area contributed by atoms with Crippen molar-refractivity contribution in [3.63, 3.8) is 0 Å². The number of nitrogen functional groups attached to an aromatic ring is 1. The summed E-state index contributed by atoms with van der Waals surface area (Å²) in [6, 6.07) is 14.9. The van der Waals surface area contributed by atoms with Crippen LogP contribution in [0.1, 0.15) is 23.7 Å². The van der Waals surface area contributed by atoms with Crippen LogP contribution in [0.4, 0.5) is 11.4 Å². The number of hydrogen-bond acceptors (Lipinski definition) is 2. The fraction of sp³-hybridized carbons (Fsp3) is 0.188. The van der Waals surface area contributed by atoms with E-state index < -0.39 is 0 Å². The first-order chi connectivity index (χ1) is 9.65. The molecule has 20 heavy (non-hydrogen) atoms. The molecule has 0 heterocycles. The van der Waals surface area contributed by atoms with Crippen LogP contribution < -0.4 is 10.6 Å². The lowest BCUT2D eigenvalue weighted by atomic mass is 10.1. The molecule has 0 aliphatic carbocycles. The maximum absolute atomic E-state index is 12.7. The van der Waals surface area contributed by atoms with Gasteiger partial charge in [-0.25, -0.2) is 0 Å². The molecule has 0 saturated carbocycles. The summed E-state index contributed by atoms with van der Waals surface area (Å²) in [5.74, 6) is -0.0442. The van der Waals surface area contributed by atoms with Crippen molar-refractivity contribution in [1.29, 1.82) is 0 Å². The Morgan fingerprint density at radius 1 is 1.15 bits per heavy atom. The summed E-state index contributed by atoms with van der Waals surface area (Å²) in [5, 5.41) is 0. The van der Waals surface area contributed by atoms with Crippen LogP contribution in [0.3, 0.4) is 0 Å². The minimum atomic E-state index is -0.0442. The second-order valence-corrected chi connectivity index (χ2v) is 5.35. The van der Waals surface area contributed by atoms with Gasteiger partial charge in [-0.2, -0.15) is 0 Å². The van der Waals surface area contributed by atoms with E-state index in [-0.39, 0.29) is 5.91 Å². The van der Waals surface area contributed by atoms with E-state index in [4.69, 9.17) is 5.73 Å². The Balaban J connectivity index is 2.42. The van der Waals surface area contributed by atoms with Gasteiger partial charge in [-0.3, -0.25) is 4.79 Å². The predicted octanol–water partition coefficient (Wildman–Crippen LogP) is 4.09. The fourth-order valence-corrected chi connectivity index (χ4v) is 2.52. The molecule has 4 heteroatoms. The van der Waals surface area contributed by atoms with Gasteiger partial charge in [0.1, 0.15) is 0 Å². The van der Waals surface area contributed by atoms with Crippen molar-refractivity contribution in [2.24, 2.45) is 0 Å². The standard InChI is InChI=1S/C16H17BrN2O/c1-2-11-19(15-10-6-5-9-14(15)18)16(20)12-7-3-4-8-13(12)17/h3-10H,2,11,18H2,1H3. The molecule has 0 atom stereocenters. The average molecular weight is 333 g/mol. The van der Waals surface area contributed by atoms with Crippen LogP contribution in [-0.2, 0) is 0 Å². The molecule has 0 aliphatic heterocycles. The van der Waals surface area contributed by atoms with Crippen LogP contribution in [0.25, 0.3) is 0 Å². The van der Waals surface area contributed by atoms with Crippen LogP contribution in [0, 0.1) is 0 Å². The van der Waals surface area contributed by atoms with Crippen molar-refractivity contribution in [2.45, 2.75) is 13.3 Å². The Labute approximate surface area is 127 Å². The van der Waals surface area contributed by atoms with E-state index in [1.54, 1.807) is 4.90 Å². The largest absolute Gasteiger partial charge is 0.397 e. The van der Waals surface area contributed by atoms with Crippen LogP contribution in [0.2, 0.25) is 0 Å². The average Bonchev–Trinajstić information content (AvgIpc) is 2.46. The molecule has 0 radical (unpaired) electrons. The second-order valence-electron chi connectivity index (χ2n) is 4.50. The van der Waals surface area contributed by atoms with E-state index in [1.165, 1.54) is 0 Å². The lowest BCUT2D eigenvalue weighted by molar-refractivity contribution is 0.0986. The topological polar surface area (TPSA) is 46.3 Å². The van der Waals surface area contributed by atoms with E-state index in [2.05, 4.69) is 15.9 Å².